The maximum Gasteiger partial charge on any atom is 0.264 e. The fraction of sp³-hybridized carbons (Fsp3) is 0.435. The van der Waals surface area contributed by atoms with E-state index in [4.69, 9.17) is 4.98 Å². The van der Waals surface area contributed by atoms with Gasteiger partial charge in [0.25, 0.3) is 5.56 Å². The van der Waals surface area contributed by atoms with Gasteiger partial charge in [-0.2, -0.15) is 5.10 Å². The number of thiophene rings is 1. The molecule has 0 amide bonds. The lowest BCUT2D eigenvalue weighted by Crippen LogP contribution is -2.29. The van der Waals surface area contributed by atoms with E-state index in [1.807, 2.05) is 34.9 Å². The predicted octanol–water partition coefficient (Wildman–Crippen LogP) is 5.29. The third-order valence-corrected chi connectivity index (χ3v) is 7.32. The summed E-state index contributed by atoms with van der Waals surface area (Å²) in [5, 5.41) is 5.27. The lowest BCUT2D eigenvalue weighted by Gasteiger charge is -2.25. The van der Waals surface area contributed by atoms with Gasteiger partial charge in [-0.15, -0.1) is 11.3 Å². The topological polar surface area (TPSA) is 59.3 Å². The summed E-state index contributed by atoms with van der Waals surface area (Å²) >= 11 is 1.70. The van der Waals surface area contributed by atoms with Crippen LogP contribution in [0.5, 0.6) is 0 Å². The lowest BCUT2D eigenvalue weighted by molar-refractivity contribution is 0.348. The summed E-state index contributed by atoms with van der Waals surface area (Å²) in [6, 6.07) is 10.2. The first-order chi connectivity index (χ1) is 14.3. The normalized spacial score (nSPS) is 17.7. The van der Waals surface area contributed by atoms with Gasteiger partial charge in [-0.05, 0) is 49.7 Å². The molecule has 1 fully saturated rings. The highest BCUT2D eigenvalue weighted by Crippen LogP contribution is 2.36. The highest BCUT2D eigenvalue weighted by molar-refractivity contribution is 7.18. The van der Waals surface area contributed by atoms with E-state index >= 15 is 0 Å². The van der Waals surface area contributed by atoms with Crippen molar-refractivity contribution in [2.45, 2.75) is 63.8 Å². The van der Waals surface area contributed by atoms with E-state index < -0.39 is 0 Å². The maximum atomic E-state index is 13.7. The summed E-state index contributed by atoms with van der Waals surface area (Å²) < 4.78 is 1.91. The Balaban J connectivity index is 1.59. The summed E-state index contributed by atoms with van der Waals surface area (Å²) in [5.41, 5.74) is 5.50. The Bertz CT molecular complexity index is 1090. The zero-order chi connectivity index (χ0) is 19.6. The molecule has 5 rings (SSSR count). The van der Waals surface area contributed by atoms with Crippen molar-refractivity contribution < 1.29 is 0 Å². The van der Waals surface area contributed by atoms with Crippen LogP contribution in [0.15, 0.2) is 40.2 Å². The minimum absolute atomic E-state index is 0.124. The second-order valence-corrected chi connectivity index (χ2v) is 9.16. The molecule has 2 aliphatic rings. The van der Waals surface area contributed by atoms with Crippen molar-refractivity contribution in [3.8, 4) is 0 Å². The van der Waals surface area contributed by atoms with Crippen molar-refractivity contribution in [2.75, 3.05) is 5.43 Å². The first-order valence-electron chi connectivity index (χ1n) is 10.7. The first-order valence-corrected chi connectivity index (χ1v) is 11.5. The van der Waals surface area contributed by atoms with Crippen LogP contribution in [-0.2, 0) is 12.8 Å². The van der Waals surface area contributed by atoms with Crippen molar-refractivity contribution in [3.63, 3.8) is 0 Å². The van der Waals surface area contributed by atoms with E-state index in [2.05, 4.69) is 10.5 Å². The molecule has 0 aliphatic heterocycles. The molecule has 0 atom stereocenters. The molecule has 6 heteroatoms. The van der Waals surface area contributed by atoms with Gasteiger partial charge in [-0.25, -0.2) is 10.4 Å². The molecule has 0 unspecified atom stereocenters. The number of nitrogens with one attached hydrogen (secondary N) is 1. The van der Waals surface area contributed by atoms with E-state index in [-0.39, 0.29) is 11.6 Å². The van der Waals surface area contributed by atoms with Gasteiger partial charge in [0.2, 0.25) is 5.95 Å². The number of fused-ring (bicyclic) bond motifs is 3. The number of hydrogen-bond donors (Lipinski definition) is 1. The number of nitrogens with zero attached hydrogens (tertiary/aromatic N) is 3. The highest BCUT2D eigenvalue weighted by Gasteiger charge is 2.26. The fourth-order valence-electron chi connectivity index (χ4n) is 4.68. The van der Waals surface area contributed by atoms with Gasteiger partial charge < -0.3 is 0 Å². The standard InChI is InChI=1S/C23H26N4OS/c28-22-20-18-13-7-8-14-19(18)29-21(20)25-23(27(22)17-11-5-2-6-12-17)26-24-15-16-9-3-1-4-10-16/h1,3-4,9-10,15,17H,2,5-8,11-14H2,(H,25,26). The third kappa shape index (κ3) is 3.62. The predicted molar refractivity (Wildman–Crippen MR) is 120 cm³/mol. The number of benzene rings is 1. The fourth-order valence-corrected chi connectivity index (χ4v) is 5.93. The monoisotopic (exact) mass is 406 g/mol. The van der Waals surface area contributed by atoms with Crippen LogP contribution in [0.4, 0.5) is 5.95 Å². The second kappa shape index (κ2) is 8.11. The van der Waals surface area contributed by atoms with Crippen LogP contribution in [0.25, 0.3) is 10.2 Å². The van der Waals surface area contributed by atoms with Gasteiger partial charge in [-0.3, -0.25) is 9.36 Å². The molecule has 1 saturated carbocycles. The number of anilines is 1. The van der Waals surface area contributed by atoms with Gasteiger partial charge in [0, 0.05) is 10.9 Å². The summed E-state index contributed by atoms with van der Waals surface area (Å²) in [6.07, 6.45) is 11.9. The van der Waals surface area contributed by atoms with E-state index in [0.29, 0.717) is 5.95 Å². The van der Waals surface area contributed by atoms with E-state index in [1.165, 1.54) is 42.5 Å². The average Bonchev–Trinajstić information content (AvgIpc) is 3.14. The maximum absolute atomic E-state index is 13.7. The molecular weight excluding hydrogens is 380 g/mol. The smallest absolute Gasteiger partial charge is 0.264 e. The van der Waals surface area contributed by atoms with Crippen LogP contribution in [0, 0.1) is 0 Å². The summed E-state index contributed by atoms with van der Waals surface area (Å²) in [7, 11) is 0. The molecule has 1 aromatic carbocycles. The summed E-state index contributed by atoms with van der Waals surface area (Å²) in [5.74, 6) is 0.583. The van der Waals surface area contributed by atoms with Gasteiger partial charge in [0.05, 0.1) is 11.6 Å². The largest absolute Gasteiger partial charge is 0.274 e. The van der Waals surface area contributed by atoms with Crippen LogP contribution in [0.3, 0.4) is 0 Å². The average molecular weight is 407 g/mol. The van der Waals surface area contributed by atoms with Crippen LogP contribution >= 0.6 is 11.3 Å². The molecular formula is C23H26N4OS. The number of aromatic nitrogens is 2. The third-order valence-electron chi connectivity index (χ3n) is 6.14. The van der Waals surface area contributed by atoms with Crippen molar-refractivity contribution >= 4 is 33.7 Å². The van der Waals surface area contributed by atoms with Crippen molar-refractivity contribution in [1.29, 1.82) is 0 Å². The van der Waals surface area contributed by atoms with Gasteiger partial charge >= 0.3 is 0 Å². The molecule has 5 nitrogen and oxygen atoms in total. The van der Waals surface area contributed by atoms with Crippen LogP contribution < -0.4 is 11.0 Å². The summed E-state index contributed by atoms with van der Waals surface area (Å²) in [6.45, 7) is 0. The zero-order valence-corrected chi connectivity index (χ0v) is 17.4. The molecule has 0 radical (unpaired) electrons. The van der Waals surface area contributed by atoms with Crippen LogP contribution in [0.1, 0.15) is 67.0 Å². The van der Waals surface area contributed by atoms with E-state index in [9.17, 15) is 4.79 Å². The Morgan fingerprint density at radius 1 is 1.07 bits per heavy atom. The van der Waals surface area contributed by atoms with E-state index in [1.54, 1.807) is 17.6 Å². The first kappa shape index (κ1) is 18.6. The Hall–Kier alpha value is -2.47. The number of hydrazone groups is 1. The molecule has 0 saturated heterocycles. The number of hydrogen-bond acceptors (Lipinski definition) is 5. The molecule has 29 heavy (non-hydrogen) atoms. The Morgan fingerprint density at radius 3 is 2.69 bits per heavy atom. The minimum Gasteiger partial charge on any atom is -0.274 e. The summed E-state index contributed by atoms with van der Waals surface area (Å²) in [4.78, 5) is 20.8. The van der Waals surface area contributed by atoms with Gasteiger partial charge in [0.1, 0.15) is 4.83 Å². The van der Waals surface area contributed by atoms with Crippen LogP contribution in [0.2, 0.25) is 0 Å². The molecule has 3 aromatic rings. The number of rotatable bonds is 4. The zero-order valence-electron chi connectivity index (χ0n) is 16.6. The van der Waals surface area contributed by atoms with Crippen LogP contribution in [-0.4, -0.2) is 15.8 Å². The Kier molecular flexibility index (Phi) is 5.19. The SMILES string of the molecule is O=c1c2c3c(sc2nc(NN=Cc2ccccc2)n1C1CCCCC1)CCCC3. The molecule has 150 valence electrons. The van der Waals surface area contributed by atoms with Crippen molar-refractivity contribution in [2.24, 2.45) is 5.10 Å². The van der Waals surface area contributed by atoms with Crippen molar-refractivity contribution in [1.82, 2.24) is 9.55 Å². The van der Waals surface area contributed by atoms with E-state index in [0.717, 1.165) is 41.5 Å². The van der Waals surface area contributed by atoms with Crippen molar-refractivity contribution in [3.05, 3.63) is 56.7 Å². The lowest BCUT2D eigenvalue weighted by atomic mass is 9.94. The Morgan fingerprint density at radius 2 is 1.86 bits per heavy atom. The quantitative estimate of drug-likeness (QED) is 0.473. The molecule has 2 heterocycles. The molecule has 2 aromatic heterocycles. The van der Waals surface area contributed by atoms with Gasteiger partial charge in [-0.1, -0.05) is 49.6 Å². The second-order valence-electron chi connectivity index (χ2n) is 8.07. The molecule has 2 aliphatic carbocycles. The Labute approximate surface area is 174 Å². The van der Waals surface area contributed by atoms with Gasteiger partial charge in [0.15, 0.2) is 0 Å². The molecule has 1 N–H and O–H groups in total. The minimum atomic E-state index is 0.124. The highest BCUT2D eigenvalue weighted by atomic mass is 32.1. The molecule has 0 spiro atoms. The molecule has 0 bridgehead atoms. The number of aryl methyl sites for hydroxylation is 2.